The summed E-state index contributed by atoms with van der Waals surface area (Å²) in [4.78, 5) is 7.93. The number of nitrogens with zero attached hydrogens (tertiary/aromatic N) is 3. The highest BCUT2D eigenvalue weighted by Gasteiger charge is 2.18. The fraction of sp³-hybridized carbons (Fsp3) is 0.667. The average molecular weight is 283 g/mol. The van der Waals surface area contributed by atoms with Crippen molar-refractivity contribution >= 4 is 0 Å². The molecule has 0 aliphatic heterocycles. The lowest BCUT2D eigenvalue weighted by Crippen LogP contribution is -2.12. The topological polar surface area (TPSA) is 65.0 Å². The molecule has 0 atom stereocenters. The van der Waals surface area contributed by atoms with E-state index < -0.39 is 0 Å². The highest BCUT2D eigenvalue weighted by atomic mass is 16.5. The smallest absolute Gasteiger partial charge is 0.213 e. The monoisotopic (exact) mass is 283 g/mol. The van der Waals surface area contributed by atoms with Gasteiger partial charge in [0, 0.05) is 10.8 Å². The molecule has 2 aromatic rings. The highest BCUT2D eigenvalue weighted by molar-refractivity contribution is 4.96. The van der Waals surface area contributed by atoms with Crippen LogP contribution in [0.3, 0.4) is 0 Å². The van der Waals surface area contributed by atoms with Crippen molar-refractivity contribution in [3.8, 4) is 0 Å². The Morgan fingerprint density at radius 2 is 1.50 bits per heavy atom. The summed E-state index contributed by atoms with van der Waals surface area (Å²) in [6.45, 7) is 12.3. The molecule has 5 heteroatoms. The van der Waals surface area contributed by atoms with Gasteiger partial charge in [-0.15, -0.1) is 0 Å². The summed E-state index contributed by atoms with van der Waals surface area (Å²) in [5.41, 5.74) is 0.0521. The SMILES string of the molecule is C.C.CC(C)(C)c1ncco1.CC(C)(C)c1ncon1. The molecule has 0 saturated carbocycles. The van der Waals surface area contributed by atoms with Crippen LogP contribution in [0, 0.1) is 0 Å². The third-order valence-corrected chi connectivity index (χ3v) is 2.11. The number of aromatic nitrogens is 3. The molecule has 0 N–H and O–H groups in total. The first-order chi connectivity index (χ1) is 8.21. The Morgan fingerprint density at radius 1 is 0.900 bits per heavy atom. The minimum absolute atomic E-state index is 0. The summed E-state index contributed by atoms with van der Waals surface area (Å²) in [7, 11) is 0. The predicted molar refractivity (Wildman–Crippen MR) is 81.7 cm³/mol. The van der Waals surface area contributed by atoms with Gasteiger partial charge in [0.15, 0.2) is 11.7 Å². The Hall–Kier alpha value is -1.65. The van der Waals surface area contributed by atoms with Crippen LogP contribution in [0.4, 0.5) is 0 Å². The molecule has 2 rings (SSSR count). The summed E-state index contributed by atoms with van der Waals surface area (Å²) in [6, 6.07) is 0. The van der Waals surface area contributed by atoms with Crippen LogP contribution in [0.1, 0.15) is 68.1 Å². The van der Waals surface area contributed by atoms with Gasteiger partial charge < -0.3 is 8.94 Å². The van der Waals surface area contributed by atoms with E-state index in [1.54, 1.807) is 12.5 Å². The molecule has 0 fully saturated rings. The van der Waals surface area contributed by atoms with Crippen LogP contribution in [-0.2, 0) is 10.8 Å². The number of rotatable bonds is 0. The quantitative estimate of drug-likeness (QED) is 0.706. The fourth-order valence-electron chi connectivity index (χ4n) is 1.09. The van der Waals surface area contributed by atoms with Gasteiger partial charge in [0.1, 0.15) is 6.26 Å². The zero-order valence-corrected chi connectivity index (χ0v) is 11.9. The second kappa shape index (κ2) is 7.82. The highest BCUT2D eigenvalue weighted by Crippen LogP contribution is 2.18. The van der Waals surface area contributed by atoms with Crippen molar-refractivity contribution in [2.45, 2.75) is 67.2 Å². The molecule has 0 aromatic carbocycles. The summed E-state index contributed by atoms with van der Waals surface area (Å²) >= 11 is 0. The van der Waals surface area contributed by atoms with E-state index in [-0.39, 0.29) is 25.7 Å². The summed E-state index contributed by atoms with van der Waals surface area (Å²) in [5.74, 6) is 1.55. The molecular weight excluding hydrogens is 254 g/mol. The van der Waals surface area contributed by atoms with Crippen molar-refractivity contribution in [2.75, 3.05) is 0 Å². The number of hydrogen-bond donors (Lipinski definition) is 0. The lowest BCUT2D eigenvalue weighted by molar-refractivity contribution is 0.392. The molecule has 0 amide bonds. The van der Waals surface area contributed by atoms with Gasteiger partial charge in [-0.2, -0.15) is 4.98 Å². The van der Waals surface area contributed by atoms with E-state index in [1.165, 1.54) is 6.39 Å². The largest absolute Gasteiger partial charge is 0.448 e. The molecule has 116 valence electrons. The van der Waals surface area contributed by atoms with Gasteiger partial charge in [0.2, 0.25) is 6.39 Å². The molecule has 5 nitrogen and oxygen atoms in total. The van der Waals surface area contributed by atoms with Crippen molar-refractivity contribution in [3.05, 3.63) is 30.6 Å². The molecule has 0 radical (unpaired) electrons. The fourth-order valence-corrected chi connectivity index (χ4v) is 1.09. The molecule has 0 aliphatic rings. The van der Waals surface area contributed by atoms with Gasteiger partial charge in [-0.1, -0.05) is 61.6 Å². The van der Waals surface area contributed by atoms with Crippen LogP contribution in [0.25, 0.3) is 0 Å². The van der Waals surface area contributed by atoms with Crippen molar-refractivity contribution in [2.24, 2.45) is 0 Å². The summed E-state index contributed by atoms with van der Waals surface area (Å²) < 4.78 is 9.67. The van der Waals surface area contributed by atoms with E-state index in [2.05, 4.69) is 40.4 Å². The number of hydrogen-bond acceptors (Lipinski definition) is 5. The zero-order valence-electron chi connectivity index (χ0n) is 11.9. The van der Waals surface area contributed by atoms with E-state index in [9.17, 15) is 0 Å². The van der Waals surface area contributed by atoms with Gasteiger partial charge in [-0.05, 0) is 0 Å². The minimum Gasteiger partial charge on any atom is -0.448 e. The van der Waals surface area contributed by atoms with Gasteiger partial charge in [-0.25, -0.2) is 4.98 Å². The Kier molecular flexibility index (Phi) is 8.08. The second-order valence-corrected chi connectivity index (χ2v) is 6.09. The molecule has 0 bridgehead atoms. The normalized spacial score (nSPS) is 10.7. The second-order valence-electron chi connectivity index (χ2n) is 6.09. The molecule has 0 unspecified atom stereocenters. The van der Waals surface area contributed by atoms with E-state index in [4.69, 9.17) is 4.42 Å². The van der Waals surface area contributed by atoms with Gasteiger partial charge >= 0.3 is 0 Å². The third kappa shape index (κ3) is 6.50. The Bertz CT molecular complexity index is 390. The van der Waals surface area contributed by atoms with Crippen LogP contribution in [0.15, 0.2) is 27.8 Å². The van der Waals surface area contributed by atoms with Crippen molar-refractivity contribution in [3.63, 3.8) is 0 Å². The van der Waals surface area contributed by atoms with Crippen LogP contribution in [0.2, 0.25) is 0 Å². The zero-order chi connectivity index (χ0) is 13.8. The van der Waals surface area contributed by atoms with Crippen molar-refractivity contribution < 1.29 is 8.94 Å². The minimum atomic E-state index is 0. The Labute approximate surface area is 122 Å². The maximum atomic E-state index is 5.09. The van der Waals surface area contributed by atoms with Gasteiger partial charge in [-0.3, -0.25) is 0 Å². The third-order valence-electron chi connectivity index (χ3n) is 2.11. The standard InChI is InChI=1S/C7H11NO.C6H10N2O.2CH4/c1-7(2,3)6-8-4-5-9-6;1-6(2,3)5-7-4-9-8-5;;/h4-5H,1-3H3;4H,1-3H3;2*1H4. The van der Waals surface area contributed by atoms with Gasteiger partial charge in [0.25, 0.3) is 0 Å². The lowest BCUT2D eigenvalue weighted by Gasteiger charge is -2.11. The van der Waals surface area contributed by atoms with Crippen LogP contribution >= 0.6 is 0 Å². The Morgan fingerprint density at radius 3 is 1.70 bits per heavy atom. The van der Waals surface area contributed by atoms with Crippen molar-refractivity contribution in [1.82, 2.24) is 15.1 Å². The van der Waals surface area contributed by atoms with E-state index in [1.807, 2.05) is 20.8 Å². The molecule has 0 spiro atoms. The molecule has 2 aromatic heterocycles. The van der Waals surface area contributed by atoms with Crippen molar-refractivity contribution in [1.29, 1.82) is 0 Å². The number of oxazole rings is 1. The first-order valence-electron chi connectivity index (χ1n) is 5.88. The Balaban J connectivity index is 0. The molecule has 0 saturated heterocycles. The maximum Gasteiger partial charge on any atom is 0.213 e. The predicted octanol–water partition coefficient (Wildman–Crippen LogP) is 4.61. The summed E-state index contributed by atoms with van der Waals surface area (Å²) in [5, 5.41) is 3.70. The average Bonchev–Trinajstić information content (AvgIpc) is 2.91. The lowest BCUT2D eigenvalue weighted by atomic mass is 9.96. The van der Waals surface area contributed by atoms with Gasteiger partial charge in [0.05, 0.1) is 6.20 Å². The summed E-state index contributed by atoms with van der Waals surface area (Å²) in [6.07, 6.45) is 4.61. The maximum absolute atomic E-state index is 5.09. The molecule has 20 heavy (non-hydrogen) atoms. The van der Waals surface area contributed by atoms with E-state index >= 15 is 0 Å². The molecular formula is C15H29N3O2. The molecule has 2 heterocycles. The first-order valence-corrected chi connectivity index (χ1v) is 5.88. The van der Waals surface area contributed by atoms with E-state index in [0.29, 0.717) is 0 Å². The van der Waals surface area contributed by atoms with Crippen LogP contribution in [0.5, 0.6) is 0 Å². The van der Waals surface area contributed by atoms with Crippen LogP contribution < -0.4 is 0 Å². The molecule has 0 aliphatic carbocycles. The van der Waals surface area contributed by atoms with E-state index in [0.717, 1.165) is 11.7 Å². The first kappa shape index (κ1) is 20.7. The van der Waals surface area contributed by atoms with Crippen LogP contribution in [-0.4, -0.2) is 15.1 Å².